The maximum atomic E-state index is 12.5. The Morgan fingerprint density at radius 2 is 1.62 bits per heavy atom. The second kappa shape index (κ2) is 6.37. The quantitative estimate of drug-likeness (QED) is 0.676. The van der Waals surface area contributed by atoms with Gasteiger partial charge in [-0.05, 0) is 24.3 Å². The molecule has 1 aliphatic rings. The zero-order valence-electron chi connectivity index (χ0n) is 12.7. The molecule has 1 heterocycles. The Balaban J connectivity index is 1.83. The lowest BCUT2D eigenvalue weighted by Crippen LogP contribution is -2.45. The molecule has 0 saturated heterocycles. The number of amides is 3. The first-order chi connectivity index (χ1) is 11.6. The van der Waals surface area contributed by atoms with Gasteiger partial charge < -0.3 is 4.74 Å². The second-order valence-electron chi connectivity index (χ2n) is 5.03. The van der Waals surface area contributed by atoms with Gasteiger partial charge >= 0.3 is 0 Å². The fraction of sp³-hybridized carbons (Fsp3) is 0.0556. The van der Waals surface area contributed by atoms with E-state index in [2.05, 4.69) is 12.0 Å². The molecule has 2 aromatic rings. The van der Waals surface area contributed by atoms with Crippen LogP contribution < -0.4 is 10.2 Å². The molecular formula is C18H14N2O4. The highest BCUT2D eigenvalue weighted by molar-refractivity contribution is 6.22. The van der Waals surface area contributed by atoms with E-state index in [9.17, 15) is 14.4 Å². The Morgan fingerprint density at radius 1 is 1.04 bits per heavy atom. The molecule has 0 aromatic heterocycles. The maximum absolute atomic E-state index is 12.5. The van der Waals surface area contributed by atoms with Gasteiger partial charge in [-0.15, -0.1) is 0 Å². The highest BCUT2D eigenvalue weighted by Crippen LogP contribution is 2.22. The fourth-order valence-corrected chi connectivity index (χ4v) is 2.38. The summed E-state index contributed by atoms with van der Waals surface area (Å²) in [5.41, 5.74) is 3.09. The number of carbonyl (C=O) groups excluding carboxylic acids is 3. The number of carbonyl (C=O) groups is 3. The average molecular weight is 322 g/mol. The highest BCUT2D eigenvalue weighted by Gasteiger charge is 2.36. The first kappa shape index (κ1) is 15.5. The van der Waals surface area contributed by atoms with E-state index in [0.29, 0.717) is 5.75 Å². The molecule has 1 N–H and O–H groups in total. The van der Waals surface area contributed by atoms with Crippen molar-refractivity contribution < 1.29 is 19.1 Å². The first-order valence-electron chi connectivity index (χ1n) is 7.25. The molecule has 0 spiro atoms. The van der Waals surface area contributed by atoms with Crippen LogP contribution in [0.4, 0.5) is 0 Å². The number of rotatable bonds is 5. The van der Waals surface area contributed by atoms with Gasteiger partial charge in [0, 0.05) is 0 Å². The van der Waals surface area contributed by atoms with Gasteiger partial charge in [-0.25, -0.2) is 0 Å². The summed E-state index contributed by atoms with van der Waals surface area (Å²) in [6.07, 6.45) is 1.55. The van der Waals surface area contributed by atoms with Crippen LogP contribution in [0.25, 0.3) is 0 Å². The molecule has 3 amide bonds. The number of nitrogens with one attached hydrogen (secondary N) is 1. The van der Waals surface area contributed by atoms with Gasteiger partial charge in [0.05, 0.1) is 16.7 Å². The Morgan fingerprint density at radius 3 is 2.25 bits per heavy atom. The molecule has 1 aliphatic heterocycles. The Labute approximate surface area is 138 Å². The number of nitrogens with zero attached hydrogens (tertiary/aromatic N) is 1. The van der Waals surface area contributed by atoms with Crippen molar-refractivity contribution in [1.82, 2.24) is 10.4 Å². The van der Waals surface area contributed by atoms with E-state index in [1.54, 1.807) is 54.6 Å². The van der Waals surface area contributed by atoms with E-state index >= 15 is 0 Å². The van der Waals surface area contributed by atoms with Crippen LogP contribution in [0.3, 0.4) is 0 Å². The van der Waals surface area contributed by atoms with Crippen LogP contribution in [0.2, 0.25) is 0 Å². The molecule has 120 valence electrons. The molecule has 0 fully saturated rings. The standard InChI is InChI=1S/C18H14N2O4/c1-2-11-24-15-10-6-5-9-14(15)16(21)19-20-17(22)12-7-3-4-8-13(12)18(20)23/h2-10H,1,11H2,(H,19,21). The van der Waals surface area contributed by atoms with Crippen molar-refractivity contribution in [3.05, 3.63) is 77.9 Å². The van der Waals surface area contributed by atoms with E-state index in [1.165, 1.54) is 0 Å². The lowest BCUT2D eigenvalue weighted by molar-refractivity contribution is 0.0517. The summed E-state index contributed by atoms with van der Waals surface area (Å²) < 4.78 is 5.42. The minimum atomic E-state index is -0.607. The van der Waals surface area contributed by atoms with Gasteiger partial charge in [0.15, 0.2) is 0 Å². The Bertz CT molecular complexity index is 809. The summed E-state index contributed by atoms with van der Waals surface area (Å²) in [4.78, 5) is 37.0. The van der Waals surface area contributed by atoms with E-state index in [4.69, 9.17) is 4.74 Å². The highest BCUT2D eigenvalue weighted by atomic mass is 16.5. The predicted molar refractivity (Wildman–Crippen MR) is 86.5 cm³/mol. The summed E-state index contributed by atoms with van der Waals surface area (Å²) in [5, 5.41) is 0.720. The average Bonchev–Trinajstić information content (AvgIpc) is 2.85. The summed E-state index contributed by atoms with van der Waals surface area (Å²) in [6, 6.07) is 13.0. The molecule has 0 saturated carbocycles. The number of benzene rings is 2. The van der Waals surface area contributed by atoms with Crippen LogP contribution in [0.5, 0.6) is 5.75 Å². The third kappa shape index (κ3) is 2.65. The fourth-order valence-electron chi connectivity index (χ4n) is 2.38. The summed E-state index contributed by atoms with van der Waals surface area (Å²) in [6.45, 7) is 3.79. The van der Waals surface area contributed by atoms with Crippen molar-refractivity contribution in [2.45, 2.75) is 0 Å². The van der Waals surface area contributed by atoms with Crippen LogP contribution in [0.1, 0.15) is 31.1 Å². The van der Waals surface area contributed by atoms with Crippen molar-refractivity contribution in [1.29, 1.82) is 0 Å². The zero-order chi connectivity index (χ0) is 17.1. The topological polar surface area (TPSA) is 75.7 Å². The minimum absolute atomic E-state index is 0.218. The van der Waals surface area contributed by atoms with Gasteiger partial charge in [0.1, 0.15) is 12.4 Å². The largest absolute Gasteiger partial charge is 0.489 e. The number of hydrazine groups is 1. The summed E-state index contributed by atoms with van der Waals surface area (Å²) in [5.74, 6) is -1.39. The van der Waals surface area contributed by atoms with Gasteiger partial charge in [-0.2, -0.15) is 5.01 Å². The first-order valence-corrected chi connectivity index (χ1v) is 7.25. The van der Waals surface area contributed by atoms with Gasteiger partial charge in [-0.1, -0.05) is 36.9 Å². The zero-order valence-corrected chi connectivity index (χ0v) is 12.7. The SMILES string of the molecule is C=CCOc1ccccc1C(=O)NN1C(=O)c2ccccc2C1=O. The molecule has 0 atom stereocenters. The van der Waals surface area contributed by atoms with E-state index in [-0.39, 0.29) is 23.3 Å². The number of imide groups is 1. The van der Waals surface area contributed by atoms with Gasteiger partial charge in [0.25, 0.3) is 17.7 Å². The number of para-hydroxylation sites is 1. The summed E-state index contributed by atoms with van der Waals surface area (Å²) >= 11 is 0. The van der Waals surface area contributed by atoms with Crippen molar-refractivity contribution in [3.63, 3.8) is 0 Å². The van der Waals surface area contributed by atoms with Gasteiger partial charge in [-0.3, -0.25) is 19.8 Å². The Kier molecular flexibility index (Phi) is 4.11. The number of fused-ring (bicyclic) bond motifs is 1. The smallest absolute Gasteiger partial charge is 0.280 e. The van der Waals surface area contributed by atoms with Crippen LogP contribution >= 0.6 is 0 Å². The van der Waals surface area contributed by atoms with Crippen molar-refractivity contribution in [3.8, 4) is 5.75 Å². The molecule has 6 nitrogen and oxygen atoms in total. The number of hydrogen-bond donors (Lipinski definition) is 1. The normalized spacial score (nSPS) is 12.8. The van der Waals surface area contributed by atoms with E-state index in [0.717, 1.165) is 5.01 Å². The van der Waals surface area contributed by atoms with E-state index in [1.807, 2.05) is 0 Å². The van der Waals surface area contributed by atoms with E-state index < -0.39 is 17.7 Å². The molecule has 2 aromatic carbocycles. The molecule has 0 aliphatic carbocycles. The van der Waals surface area contributed by atoms with Crippen molar-refractivity contribution in [2.75, 3.05) is 6.61 Å². The van der Waals surface area contributed by atoms with Crippen molar-refractivity contribution in [2.24, 2.45) is 0 Å². The third-order valence-corrected chi connectivity index (χ3v) is 3.50. The third-order valence-electron chi connectivity index (χ3n) is 3.50. The molecule has 3 rings (SSSR count). The van der Waals surface area contributed by atoms with Crippen molar-refractivity contribution >= 4 is 17.7 Å². The van der Waals surface area contributed by atoms with Crippen LogP contribution in [0, 0.1) is 0 Å². The maximum Gasteiger partial charge on any atom is 0.280 e. The molecule has 0 bridgehead atoms. The molecule has 24 heavy (non-hydrogen) atoms. The van der Waals surface area contributed by atoms with Gasteiger partial charge in [0.2, 0.25) is 0 Å². The molecule has 0 unspecified atom stereocenters. The van der Waals surface area contributed by atoms with Crippen LogP contribution in [0.15, 0.2) is 61.2 Å². The predicted octanol–water partition coefficient (Wildman–Crippen LogP) is 2.19. The summed E-state index contributed by atoms with van der Waals surface area (Å²) in [7, 11) is 0. The monoisotopic (exact) mass is 322 g/mol. The van der Waals surface area contributed by atoms with Crippen LogP contribution in [-0.4, -0.2) is 29.3 Å². The molecule has 0 radical (unpaired) electrons. The molecule has 6 heteroatoms. The number of ether oxygens (including phenoxy) is 1. The number of hydrogen-bond acceptors (Lipinski definition) is 4. The van der Waals surface area contributed by atoms with Crippen LogP contribution in [-0.2, 0) is 0 Å². The second-order valence-corrected chi connectivity index (χ2v) is 5.03. The molecular weight excluding hydrogens is 308 g/mol. The lowest BCUT2D eigenvalue weighted by Gasteiger charge is -2.16. The Hall–Kier alpha value is -3.41. The minimum Gasteiger partial charge on any atom is -0.489 e. The lowest BCUT2D eigenvalue weighted by atomic mass is 10.1.